The van der Waals surface area contributed by atoms with E-state index in [0.717, 1.165) is 195 Å². The fraction of sp³-hybridized carbons (Fsp3) is 1.00. The second kappa shape index (κ2) is 68.0. The van der Waals surface area contributed by atoms with Gasteiger partial charge in [-0.25, -0.2) is 0 Å². The second-order valence-electron chi connectivity index (χ2n) is 57.9. The summed E-state index contributed by atoms with van der Waals surface area (Å²) < 4.78 is 0. The maximum Gasteiger partial charge on any atom is -0.0297 e. The summed E-state index contributed by atoms with van der Waals surface area (Å²) >= 11 is 0. The molecule has 4 atom stereocenters. The molecule has 0 aliphatic heterocycles. The molecular formula is C138H262. The van der Waals surface area contributed by atoms with E-state index in [0.29, 0.717) is 10.8 Å². The molecule has 0 nitrogen and oxygen atoms in total. The predicted molar refractivity (Wildman–Crippen MR) is 620 cm³/mol. The molecule has 0 radical (unpaired) electrons. The van der Waals surface area contributed by atoms with Gasteiger partial charge in [-0.05, 0) is 373 Å². The van der Waals surface area contributed by atoms with Crippen LogP contribution in [0.25, 0.3) is 0 Å². The van der Waals surface area contributed by atoms with Crippen LogP contribution in [0.15, 0.2) is 0 Å². The minimum absolute atomic E-state index is 0.609. The van der Waals surface area contributed by atoms with Crippen molar-refractivity contribution in [3.63, 3.8) is 0 Å². The van der Waals surface area contributed by atoms with Crippen molar-refractivity contribution in [2.24, 2.45) is 206 Å². The summed E-state index contributed by atoms with van der Waals surface area (Å²) in [6, 6.07) is 0. The Labute approximate surface area is 873 Å². The van der Waals surface area contributed by atoms with Gasteiger partial charge in [0, 0.05) is 0 Å². The Bertz CT molecular complexity index is 2620. The molecule has 0 aromatic heterocycles. The van der Waals surface area contributed by atoms with Crippen LogP contribution in [0.4, 0.5) is 0 Å². The SMILES string of the molecule is CC1CCC(C(C)(C)C2CCC(C)CC2)CC1.CC1CCC(C)CC1.CC1CCC(C2CCC(C)CC2)CC1.CC1CCC(CC2CCC(C)CC2)CC1.CC1CCC2CC(C)CCC2C1.CCC1CCC(C(C)(C)C2CCC(CC)CC2)CC1.CCC1CCC(CC)CC1.CCC1CCC(CC2CCC(CC)CC2)CC1.CCC1CCC2(CC1)CCC(CC)CC2.CCCC1CCC(CC)CC1. The molecule has 17 aliphatic rings. The third-order valence-electron chi connectivity index (χ3n) is 46.9. The van der Waals surface area contributed by atoms with Gasteiger partial charge >= 0.3 is 0 Å². The topological polar surface area (TPSA) is 0 Å². The van der Waals surface area contributed by atoms with Gasteiger partial charge < -0.3 is 0 Å². The lowest BCUT2D eigenvalue weighted by Crippen LogP contribution is -2.37. The first kappa shape index (κ1) is 123. The molecule has 0 aromatic carbocycles. The molecule has 0 N–H and O–H groups in total. The van der Waals surface area contributed by atoms with Crippen molar-refractivity contribution in [2.75, 3.05) is 0 Å². The van der Waals surface area contributed by atoms with Crippen molar-refractivity contribution in [3.05, 3.63) is 0 Å². The van der Waals surface area contributed by atoms with Crippen LogP contribution in [0.3, 0.4) is 0 Å². The average Bonchev–Trinajstić information content (AvgIpc) is 0.803. The lowest BCUT2D eigenvalue weighted by atomic mass is 9.59. The van der Waals surface area contributed by atoms with E-state index < -0.39 is 0 Å². The van der Waals surface area contributed by atoms with Gasteiger partial charge in [-0.15, -0.1) is 0 Å². The molecule has 0 heteroatoms. The highest BCUT2D eigenvalue weighted by atomic mass is 14.5. The van der Waals surface area contributed by atoms with Crippen molar-refractivity contribution in [1.29, 1.82) is 0 Å². The Kier molecular flexibility index (Phi) is 60.7. The first-order valence-electron chi connectivity index (χ1n) is 66.4. The monoisotopic (exact) mass is 1920 g/mol. The summed E-state index contributed by atoms with van der Waals surface area (Å²) in [7, 11) is 0. The summed E-state index contributed by atoms with van der Waals surface area (Å²) in [6.07, 6.45) is 119. The van der Waals surface area contributed by atoms with Gasteiger partial charge in [0.15, 0.2) is 0 Å². The zero-order chi connectivity index (χ0) is 99.8. The molecule has 1 spiro atoms. The van der Waals surface area contributed by atoms with Crippen LogP contribution in [-0.4, -0.2) is 0 Å². The molecule has 0 amide bonds. The van der Waals surface area contributed by atoms with Gasteiger partial charge in [-0.3, -0.25) is 0 Å². The van der Waals surface area contributed by atoms with Crippen LogP contribution < -0.4 is 0 Å². The molecule has 17 rings (SSSR count). The average molecular weight is 1920 g/mol. The molecule has 814 valence electrons. The summed E-state index contributed by atoms with van der Waals surface area (Å²) in [4.78, 5) is 0. The third kappa shape index (κ3) is 45.7. The Balaban J connectivity index is 0.000000189. The number of hydrogen-bond acceptors (Lipinski definition) is 0. The Morgan fingerprint density at radius 3 is 0.529 bits per heavy atom. The van der Waals surface area contributed by atoms with Crippen LogP contribution in [0.2, 0.25) is 0 Å². The molecule has 0 bridgehead atoms. The fourth-order valence-electron chi connectivity index (χ4n) is 33.7. The quantitative estimate of drug-likeness (QED) is 0.114. The van der Waals surface area contributed by atoms with Crippen LogP contribution in [-0.2, 0) is 0 Å². The van der Waals surface area contributed by atoms with Gasteiger partial charge in [0.1, 0.15) is 0 Å². The lowest BCUT2D eigenvalue weighted by molar-refractivity contribution is 0.0381. The van der Waals surface area contributed by atoms with E-state index in [1.807, 2.05) is 0 Å². The van der Waals surface area contributed by atoms with Gasteiger partial charge in [0.2, 0.25) is 0 Å². The molecule has 17 fully saturated rings. The number of rotatable bonds is 20. The van der Waals surface area contributed by atoms with E-state index >= 15 is 0 Å². The van der Waals surface area contributed by atoms with Crippen molar-refractivity contribution < 1.29 is 0 Å². The standard InChI is InChI=1S/C19H36.2C17H32.2C15H28.C14H26.C12H22.C11H22.C10H20.C8H16/c1-5-15-7-11-17(12-8-15)19(3,4)18-13-9-16(6-2)10-14-18;1-13-5-9-15(10-6-13)17(3,4)16-11-7-14(2)8-12-16;1-3-14-5-9-16(10-6-14)13-17-11-7-15(4-2)8-12-17;1-12-3-7-14(8-4-12)11-15-9-5-13(2)6-10-15;1-3-13-5-9-15(10-6-13)11-7-14(4-2)8-12-15;1-11-3-7-13(8-4-11)14-9-5-12(2)6-10-14;1-9-3-5-12-8-10(2)4-6-11(12)7-9;1-3-5-11-8-6-10(4-2)7-9-11;1-3-9-5-7-10(4-2)8-6-9;1-7-3-5-8(2)6-4-7/h15-18H,5-14H2,1-4H3;13-16H,5-12H2,1-4H3;14-17H,3-13H2,1-2H3;12-15H,3-11H2,1-2H3;13-14H,3-12H2,1-2H3;11-14H,3-10H2,1-2H3;9-12H,3-8H2,1-2H3;10-11H,3-9H2,1-2H3;9-10H,3-8H2,1-2H3;7-8H,3-6H2,1-2H3. The molecule has 138 heavy (non-hydrogen) atoms. The van der Waals surface area contributed by atoms with E-state index in [1.54, 1.807) is 89.9 Å². The minimum atomic E-state index is 0.609. The first-order chi connectivity index (χ1) is 66.4. The highest BCUT2D eigenvalue weighted by molar-refractivity contribution is 4.95. The van der Waals surface area contributed by atoms with Crippen LogP contribution in [0.1, 0.15) is 673 Å². The molecular weight excluding hydrogens is 1660 g/mol. The van der Waals surface area contributed by atoms with E-state index in [4.69, 9.17) is 0 Å². The maximum atomic E-state index is 2.60. The summed E-state index contributed by atoms with van der Waals surface area (Å²) in [5, 5.41) is 0. The van der Waals surface area contributed by atoms with Crippen molar-refractivity contribution in [1.82, 2.24) is 0 Å². The Morgan fingerprint density at radius 1 is 0.159 bits per heavy atom. The maximum absolute atomic E-state index is 2.60. The van der Waals surface area contributed by atoms with Gasteiger partial charge in [0.05, 0.1) is 0 Å². The van der Waals surface area contributed by atoms with E-state index in [-0.39, 0.29) is 0 Å². The zero-order valence-electron chi connectivity index (χ0n) is 99.8. The Morgan fingerprint density at radius 2 is 0.312 bits per heavy atom. The Hall–Kier alpha value is 0. The molecule has 0 saturated heterocycles. The summed E-state index contributed by atoms with van der Waals surface area (Å²) in [6.45, 7) is 58.1. The highest BCUT2D eigenvalue weighted by Gasteiger charge is 2.44. The summed E-state index contributed by atoms with van der Waals surface area (Å²) in [5.74, 6) is 33.7. The zero-order valence-corrected chi connectivity index (χ0v) is 99.8. The molecule has 4 unspecified atom stereocenters. The van der Waals surface area contributed by atoms with Gasteiger partial charge in [0.25, 0.3) is 0 Å². The van der Waals surface area contributed by atoms with Crippen LogP contribution >= 0.6 is 0 Å². The van der Waals surface area contributed by atoms with Gasteiger partial charge in [-0.2, -0.15) is 0 Å². The summed E-state index contributed by atoms with van der Waals surface area (Å²) in [5.41, 5.74) is 2.04. The van der Waals surface area contributed by atoms with Crippen molar-refractivity contribution >= 4 is 0 Å². The van der Waals surface area contributed by atoms with Crippen molar-refractivity contribution in [3.8, 4) is 0 Å². The number of fused-ring (bicyclic) bond motifs is 1. The predicted octanol–water partition coefficient (Wildman–Crippen LogP) is 47.1. The molecule has 17 saturated carbocycles. The number of hydrogen-bond donors (Lipinski definition) is 0. The second-order valence-corrected chi connectivity index (χ2v) is 57.9. The molecule has 0 heterocycles. The van der Waals surface area contributed by atoms with Crippen LogP contribution in [0, 0.1) is 206 Å². The fourth-order valence-corrected chi connectivity index (χ4v) is 33.7. The molecule has 0 aromatic rings. The van der Waals surface area contributed by atoms with Gasteiger partial charge in [-0.1, -0.05) is 506 Å². The smallest absolute Gasteiger partial charge is 0.0297 e. The van der Waals surface area contributed by atoms with E-state index in [1.165, 1.54) is 417 Å². The highest BCUT2D eigenvalue weighted by Crippen LogP contribution is 2.56. The lowest BCUT2D eigenvalue weighted by Gasteiger charge is -2.46. The minimum Gasteiger partial charge on any atom is -0.0654 e. The molecule has 17 aliphatic carbocycles. The van der Waals surface area contributed by atoms with E-state index in [9.17, 15) is 0 Å². The van der Waals surface area contributed by atoms with Crippen molar-refractivity contribution in [2.45, 2.75) is 673 Å². The first-order valence-corrected chi connectivity index (χ1v) is 66.4. The van der Waals surface area contributed by atoms with E-state index in [2.05, 4.69) is 166 Å². The normalized spacial score (nSPS) is 40.3. The largest absolute Gasteiger partial charge is 0.0654 e. The third-order valence-corrected chi connectivity index (χ3v) is 46.9. The van der Waals surface area contributed by atoms with Crippen LogP contribution in [0.5, 0.6) is 0 Å².